The van der Waals surface area contributed by atoms with E-state index in [4.69, 9.17) is 26.8 Å². The highest BCUT2D eigenvalue weighted by molar-refractivity contribution is 6.32. The van der Waals surface area contributed by atoms with E-state index in [0.717, 1.165) is 37.0 Å². The third-order valence-corrected chi connectivity index (χ3v) is 3.68. The number of nitrogens with two attached hydrogens (primary N) is 1. The summed E-state index contributed by atoms with van der Waals surface area (Å²) in [4.78, 5) is 0. The summed E-state index contributed by atoms with van der Waals surface area (Å²) in [6.07, 6.45) is 3.82. The Bertz CT molecular complexity index is 449. The molecule has 1 rings (SSSR count). The molecule has 0 aliphatic heterocycles. The van der Waals surface area contributed by atoms with Crippen molar-refractivity contribution < 1.29 is 9.47 Å². The van der Waals surface area contributed by atoms with E-state index in [1.54, 1.807) is 0 Å². The van der Waals surface area contributed by atoms with Crippen LogP contribution in [0.3, 0.4) is 0 Å². The molecule has 0 aliphatic rings. The highest BCUT2D eigenvalue weighted by atomic mass is 35.5. The third kappa shape index (κ3) is 6.45. The topological polar surface area (TPSA) is 44.5 Å². The second kappa shape index (κ2) is 9.96. The van der Waals surface area contributed by atoms with Crippen molar-refractivity contribution in [2.45, 2.75) is 59.4 Å². The van der Waals surface area contributed by atoms with Gasteiger partial charge >= 0.3 is 0 Å². The summed E-state index contributed by atoms with van der Waals surface area (Å²) < 4.78 is 11.6. The van der Waals surface area contributed by atoms with E-state index in [1.807, 2.05) is 19.1 Å². The molecule has 0 spiro atoms. The molecular weight excluding hydrogens is 298 g/mol. The van der Waals surface area contributed by atoms with E-state index >= 15 is 0 Å². The first-order valence-electron chi connectivity index (χ1n) is 8.31. The molecule has 0 heterocycles. The third-order valence-electron chi connectivity index (χ3n) is 3.38. The smallest absolute Gasteiger partial charge is 0.141 e. The van der Waals surface area contributed by atoms with Gasteiger partial charge in [-0.05, 0) is 50.2 Å². The molecule has 0 saturated heterocycles. The Hall–Kier alpha value is -0.930. The van der Waals surface area contributed by atoms with Crippen molar-refractivity contribution >= 4 is 11.6 Å². The molecule has 3 nitrogen and oxygen atoms in total. The summed E-state index contributed by atoms with van der Waals surface area (Å²) in [6, 6.07) is 4.12. The minimum absolute atomic E-state index is 0.206. The number of hydrogen-bond acceptors (Lipinski definition) is 3. The van der Waals surface area contributed by atoms with Crippen LogP contribution < -0.4 is 15.2 Å². The van der Waals surface area contributed by atoms with Gasteiger partial charge in [0.2, 0.25) is 0 Å². The average molecular weight is 328 g/mol. The zero-order valence-electron chi connectivity index (χ0n) is 14.3. The summed E-state index contributed by atoms with van der Waals surface area (Å²) in [5, 5.41) is 0.653. The Morgan fingerprint density at radius 1 is 1.05 bits per heavy atom. The lowest BCUT2D eigenvalue weighted by molar-refractivity contribution is 0.298. The lowest BCUT2D eigenvalue weighted by atomic mass is 9.94. The zero-order chi connectivity index (χ0) is 16.5. The first-order chi connectivity index (χ1) is 10.5. The van der Waals surface area contributed by atoms with Gasteiger partial charge < -0.3 is 15.2 Å². The summed E-state index contributed by atoms with van der Waals surface area (Å²) in [5.41, 5.74) is 7.03. The molecular formula is C18H30ClNO2. The Morgan fingerprint density at radius 3 is 2.18 bits per heavy atom. The van der Waals surface area contributed by atoms with Gasteiger partial charge in [0, 0.05) is 12.1 Å². The van der Waals surface area contributed by atoms with Crippen molar-refractivity contribution in [2.24, 2.45) is 11.7 Å². The van der Waals surface area contributed by atoms with E-state index in [1.165, 1.54) is 0 Å². The predicted molar refractivity (Wildman–Crippen MR) is 94.2 cm³/mol. The highest BCUT2D eigenvalue weighted by Crippen LogP contribution is 2.34. The van der Waals surface area contributed by atoms with Gasteiger partial charge in [-0.1, -0.05) is 32.4 Å². The monoisotopic (exact) mass is 327 g/mol. The molecule has 2 atom stereocenters. The highest BCUT2D eigenvalue weighted by Gasteiger charge is 2.15. The molecule has 2 N–H and O–H groups in total. The Kier molecular flexibility index (Phi) is 8.66. The van der Waals surface area contributed by atoms with Crippen LogP contribution in [0, 0.1) is 5.92 Å². The van der Waals surface area contributed by atoms with E-state index < -0.39 is 0 Å². The minimum atomic E-state index is 0.206. The zero-order valence-corrected chi connectivity index (χ0v) is 15.1. The van der Waals surface area contributed by atoms with Crippen LogP contribution in [0.15, 0.2) is 12.1 Å². The Balaban J connectivity index is 2.94. The number of rotatable bonds is 10. The van der Waals surface area contributed by atoms with Crippen molar-refractivity contribution in [3.63, 3.8) is 0 Å². The maximum Gasteiger partial charge on any atom is 0.141 e. The van der Waals surface area contributed by atoms with E-state index in [-0.39, 0.29) is 6.04 Å². The van der Waals surface area contributed by atoms with E-state index in [0.29, 0.717) is 29.9 Å². The van der Waals surface area contributed by atoms with Crippen LogP contribution >= 0.6 is 11.6 Å². The lowest BCUT2D eigenvalue weighted by Crippen LogP contribution is -2.19. The summed E-state index contributed by atoms with van der Waals surface area (Å²) >= 11 is 6.36. The molecule has 0 amide bonds. The summed E-state index contributed by atoms with van der Waals surface area (Å²) in [7, 11) is 0. The van der Waals surface area contributed by atoms with Gasteiger partial charge in [-0.2, -0.15) is 0 Å². The molecule has 0 radical (unpaired) electrons. The van der Waals surface area contributed by atoms with Gasteiger partial charge in [0.05, 0.1) is 18.2 Å². The number of benzene rings is 1. The predicted octanol–water partition coefficient (Wildman–Crippen LogP) is 4.83. The second-order valence-electron chi connectivity index (χ2n) is 6.11. The van der Waals surface area contributed by atoms with Crippen LogP contribution in [0.5, 0.6) is 11.5 Å². The van der Waals surface area contributed by atoms with Crippen LogP contribution in [-0.4, -0.2) is 19.3 Å². The van der Waals surface area contributed by atoms with Gasteiger partial charge in [-0.25, -0.2) is 0 Å². The van der Waals surface area contributed by atoms with Gasteiger partial charge in [-0.3, -0.25) is 0 Å². The largest absolute Gasteiger partial charge is 0.493 e. The molecule has 0 aliphatic carbocycles. The quantitative estimate of drug-likeness (QED) is 0.669. The van der Waals surface area contributed by atoms with Crippen molar-refractivity contribution in [1.82, 2.24) is 0 Å². The average Bonchev–Trinajstić information content (AvgIpc) is 2.44. The van der Waals surface area contributed by atoms with Crippen LogP contribution in [-0.2, 0) is 6.42 Å². The van der Waals surface area contributed by atoms with Crippen molar-refractivity contribution in [3.8, 4) is 11.5 Å². The van der Waals surface area contributed by atoms with Crippen molar-refractivity contribution in [1.29, 1.82) is 0 Å². The van der Waals surface area contributed by atoms with Crippen LogP contribution in [0.2, 0.25) is 5.02 Å². The van der Waals surface area contributed by atoms with E-state index in [2.05, 4.69) is 20.8 Å². The maximum atomic E-state index is 6.36. The molecule has 22 heavy (non-hydrogen) atoms. The number of hydrogen-bond donors (Lipinski definition) is 1. The summed E-state index contributed by atoms with van der Waals surface area (Å²) in [6.45, 7) is 9.79. The maximum absolute atomic E-state index is 6.36. The molecule has 0 bridgehead atoms. The fourth-order valence-electron chi connectivity index (χ4n) is 2.50. The lowest BCUT2D eigenvalue weighted by Gasteiger charge is -2.19. The van der Waals surface area contributed by atoms with Gasteiger partial charge in [0.25, 0.3) is 0 Å². The minimum Gasteiger partial charge on any atom is -0.493 e. The van der Waals surface area contributed by atoms with Crippen LogP contribution in [0.1, 0.15) is 52.5 Å². The first-order valence-corrected chi connectivity index (χ1v) is 8.69. The molecule has 0 aromatic heterocycles. The molecule has 1 aromatic rings. The normalized spacial score (nSPS) is 13.7. The van der Waals surface area contributed by atoms with Crippen LogP contribution in [0.4, 0.5) is 0 Å². The molecule has 4 heteroatoms. The molecule has 1 aromatic carbocycles. The van der Waals surface area contributed by atoms with Crippen molar-refractivity contribution in [3.05, 3.63) is 22.7 Å². The molecule has 2 unspecified atom stereocenters. The van der Waals surface area contributed by atoms with Gasteiger partial charge in [0.1, 0.15) is 11.5 Å². The fraction of sp³-hybridized carbons (Fsp3) is 0.667. The number of halogens is 1. The number of ether oxygens (including phenoxy) is 2. The molecule has 0 saturated carbocycles. The summed E-state index contributed by atoms with van der Waals surface area (Å²) in [5.74, 6) is 2.08. The van der Waals surface area contributed by atoms with E-state index in [9.17, 15) is 0 Å². The van der Waals surface area contributed by atoms with Gasteiger partial charge in [-0.15, -0.1) is 0 Å². The SMILES string of the molecule is CCCOc1cc(OCCC)c(CC(C)CC(C)N)cc1Cl. The Morgan fingerprint density at radius 2 is 1.64 bits per heavy atom. The standard InChI is InChI=1S/C18H30ClNO2/c1-5-7-21-17-12-18(22-8-6-2)16(19)11-15(17)10-13(3)9-14(4)20/h11-14H,5-10,20H2,1-4H3. The van der Waals surface area contributed by atoms with Crippen molar-refractivity contribution in [2.75, 3.05) is 13.2 Å². The fourth-order valence-corrected chi connectivity index (χ4v) is 2.74. The Labute approximate surface area is 140 Å². The first kappa shape index (κ1) is 19.1. The van der Waals surface area contributed by atoms with Crippen LogP contribution in [0.25, 0.3) is 0 Å². The molecule has 126 valence electrons. The second-order valence-corrected chi connectivity index (χ2v) is 6.52. The molecule has 0 fully saturated rings. The van der Waals surface area contributed by atoms with Gasteiger partial charge in [0.15, 0.2) is 0 Å².